The van der Waals surface area contributed by atoms with Gasteiger partial charge in [-0.3, -0.25) is 13.9 Å². The number of rotatable bonds is 10. The summed E-state index contributed by atoms with van der Waals surface area (Å²) in [6.45, 7) is 3.06. The number of sulfonamides is 1. The number of halogens is 2. The average molecular weight is 617 g/mol. The molecule has 0 saturated heterocycles. The van der Waals surface area contributed by atoms with E-state index in [4.69, 9.17) is 23.2 Å². The van der Waals surface area contributed by atoms with Crippen molar-refractivity contribution in [2.24, 2.45) is 0 Å². The summed E-state index contributed by atoms with van der Waals surface area (Å²) in [7, 11) is -4.15. The zero-order chi connectivity index (χ0) is 29.6. The molecule has 1 atom stereocenters. The van der Waals surface area contributed by atoms with E-state index in [0.29, 0.717) is 10.0 Å². The fourth-order valence-corrected chi connectivity index (χ4v) is 6.65. The largest absolute Gasteiger partial charge is 0.352 e. The molecular weight excluding hydrogens is 581 g/mol. The Morgan fingerprint density at radius 2 is 1.61 bits per heavy atom. The Morgan fingerprint density at radius 3 is 2.24 bits per heavy atom. The molecule has 1 aliphatic carbocycles. The first-order valence-corrected chi connectivity index (χ1v) is 15.9. The molecular formula is C31H35Cl2N3O4S. The van der Waals surface area contributed by atoms with Crippen LogP contribution in [0.15, 0.2) is 77.7 Å². The predicted octanol–water partition coefficient (Wildman–Crippen LogP) is 6.36. The lowest BCUT2D eigenvalue weighted by Gasteiger charge is -2.33. The van der Waals surface area contributed by atoms with E-state index in [9.17, 15) is 18.0 Å². The van der Waals surface area contributed by atoms with Gasteiger partial charge in [-0.25, -0.2) is 8.42 Å². The number of carbonyl (C=O) groups is 2. The standard InChI is InChI=1S/C31H35Cl2N3O4S/c1-22-13-18-27(19-29(22)33)36(41(39,40)28-11-7-4-8-12-28)21-30(37)35(20-24-14-16-25(32)17-15-24)23(2)31(38)34-26-9-5-3-6-10-26/h4,7-8,11-19,23,26H,3,5-6,9-10,20-21H2,1-2H3,(H,34,38). The number of nitrogens with one attached hydrogen (secondary N) is 1. The number of carbonyl (C=O) groups excluding carboxylic acids is 2. The van der Waals surface area contributed by atoms with Gasteiger partial charge in [0.15, 0.2) is 0 Å². The second-order valence-electron chi connectivity index (χ2n) is 10.4. The van der Waals surface area contributed by atoms with Crippen molar-refractivity contribution in [2.45, 2.75) is 69.5 Å². The normalized spacial score (nSPS) is 14.7. The van der Waals surface area contributed by atoms with Crippen molar-refractivity contribution < 1.29 is 18.0 Å². The van der Waals surface area contributed by atoms with Crippen LogP contribution in [0.2, 0.25) is 10.0 Å². The van der Waals surface area contributed by atoms with Gasteiger partial charge in [0.25, 0.3) is 10.0 Å². The van der Waals surface area contributed by atoms with Crippen molar-refractivity contribution in [3.8, 4) is 0 Å². The van der Waals surface area contributed by atoms with Crippen LogP contribution in [0, 0.1) is 6.92 Å². The third kappa shape index (κ3) is 7.82. The van der Waals surface area contributed by atoms with Crippen molar-refractivity contribution in [3.63, 3.8) is 0 Å². The molecule has 3 aromatic rings. The van der Waals surface area contributed by atoms with E-state index in [1.54, 1.807) is 61.5 Å². The van der Waals surface area contributed by atoms with Gasteiger partial charge in [-0.1, -0.05) is 78.9 Å². The summed E-state index contributed by atoms with van der Waals surface area (Å²) in [5.41, 5.74) is 1.79. The molecule has 1 unspecified atom stereocenters. The van der Waals surface area contributed by atoms with Crippen LogP contribution in [0.4, 0.5) is 5.69 Å². The van der Waals surface area contributed by atoms with Gasteiger partial charge in [0.05, 0.1) is 10.6 Å². The number of anilines is 1. The Kier molecular flexibility index (Phi) is 10.3. The van der Waals surface area contributed by atoms with Crippen LogP contribution in [-0.4, -0.2) is 43.8 Å². The van der Waals surface area contributed by atoms with E-state index in [2.05, 4.69) is 5.32 Å². The summed E-state index contributed by atoms with van der Waals surface area (Å²) >= 11 is 12.4. The zero-order valence-electron chi connectivity index (χ0n) is 23.2. The molecule has 0 radical (unpaired) electrons. The third-order valence-electron chi connectivity index (χ3n) is 7.44. The molecule has 0 heterocycles. The predicted molar refractivity (Wildman–Crippen MR) is 164 cm³/mol. The first kappa shape index (κ1) is 30.9. The van der Waals surface area contributed by atoms with Gasteiger partial charge in [-0.05, 0) is 74.2 Å². The molecule has 0 bridgehead atoms. The monoisotopic (exact) mass is 615 g/mol. The topological polar surface area (TPSA) is 86.8 Å². The first-order chi connectivity index (χ1) is 19.6. The molecule has 0 spiro atoms. The lowest BCUT2D eigenvalue weighted by molar-refractivity contribution is -0.139. The lowest BCUT2D eigenvalue weighted by Crippen LogP contribution is -2.53. The number of aryl methyl sites for hydroxylation is 1. The van der Waals surface area contributed by atoms with Gasteiger partial charge >= 0.3 is 0 Å². The van der Waals surface area contributed by atoms with Crippen molar-refractivity contribution in [1.29, 1.82) is 0 Å². The highest BCUT2D eigenvalue weighted by molar-refractivity contribution is 7.92. The van der Waals surface area contributed by atoms with E-state index in [1.165, 1.54) is 23.1 Å². The average Bonchev–Trinajstić information content (AvgIpc) is 2.97. The van der Waals surface area contributed by atoms with Gasteiger partial charge in [0, 0.05) is 22.6 Å². The molecule has 2 amide bonds. The maximum Gasteiger partial charge on any atom is 0.264 e. The molecule has 10 heteroatoms. The second-order valence-corrected chi connectivity index (χ2v) is 13.1. The number of hydrogen-bond donors (Lipinski definition) is 1. The van der Waals surface area contributed by atoms with Crippen LogP contribution in [0.5, 0.6) is 0 Å². The van der Waals surface area contributed by atoms with Crippen LogP contribution in [0.25, 0.3) is 0 Å². The molecule has 1 N–H and O–H groups in total. The van der Waals surface area contributed by atoms with Gasteiger partial charge in [-0.2, -0.15) is 0 Å². The number of nitrogens with zero attached hydrogens (tertiary/aromatic N) is 2. The van der Waals surface area contributed by atoms with Gasteiger partial charge in [-0.15, -0.1) is 0 Å². The van der Waals surface area contributed by atoms with E-state index in [-0.39, 0.29) is 29.1 Å². The molecule has 1 aliphatic rings. The smallest absolute Gasteiger partial charge is 0.264 e. The summed E-state index contributed by atoms with van der Waals surface area (Å²) in [6.07, 6.45) is 5.07. The van der Waals surface area contributed by atoms with E-state index in [1.807, 2.05) is 6.92 Å². The third-order valence-corrected chi connectivity index (χ3v) is 9.89. The van der Waals surface area contributed by atoms with Gasteiger partial charge in [0.1, 0.15) is 12.6 Å². The van der Waals surface area contributed by atoms with Crippen LogP contribution < -0.4 is 9.62 Å². The Bertz CT molecular complexity index is 1460. The molecule has 0 aromatic heterocycles. The molecule has 41 heavy (non-hydrogen) atoms. The molecule has 0 aliphatic heterocycles. The summed E-state index contributed by atoms with van der Waals surface area (Å²) < 4.78 is 28.8. The second kappa shape index (κ2) is 13.7. The van der Waals surface area contributed by atoms with E-state index < -0.39 is 28.5 Å². The number of amides is 2. The minimum absolute atomic E-state index is 0.0387. The zero-order valence-corrected chi connectivity index (χ0v) is 25.6. The van der Waals surface area contributed by atoms with E-state index in [0.717, 1.165) is 47.5 Å². The van der Waals surface area contributed by atoms with Crippen molar-refractivity contribution in [3.05, 3.63) is 94.0 Å². The van der Waals surface area contributed by atoms with Crippen molar-refractivity contribution in [1.82, 2.24) is 10.2 Å². The van der Waals surface area contributed by atoms with Crippen LogP contribution in [0.1, 0.15) is 50.2 Å². The highest BCUT2D eigenvalue weighted by Gasteiger charge is 2.33. The van der Waals surface area contributed by atoms with Crippen molar-refractivity contribution >= 4 is 50.7 Å². The SMILES string of the molecule is Cc1ccc(N(CC(=O)N(Cc2ccc(Cl)cc2)C(C)C(=O)NC2CCCCC2)S(=O)(=O)c2ccccc2)cc1Cl. The highest BCUT2D eigenvalue weighted by atomic mass is 35.5. The van der Waals surface area contributed by atoms with Gasteiger partial charge in [0.2, 0.25) is 11.8 Å². The summed E-state index contributed by atoms with van der Waals surface area (Å²) in [5, 5.41) is 4.02. The molecule has 3 aromatic carbocycles. The minimum Gasteiger partial charge on any atom is -0.352 e. The maximum absolute atomic E-state index is 14.0. The van der Waals surface area contributed by atoms with Crippen LogP contribution in [0.3, 0.4) is 0 Å². The lowest BCUT2D eigenvalue weighted by atomic mass is 9.95. The van der Waals surface area contributed by atoms with E-state index >= 15 is 0 Å². The van der Waals surface area contributed by atoms with Crippen LogP contribution >= 0.6 is 23.2 Å². The molecule has 1 fully saturated rings. The Morgan fingerprint density at radius 1 is 0.951 bits per heavy atom. The van der Waals surface area contributed by atoms with Crippen molar-refractivity contribution in [2.75, 3.05) is 10.8 Å². The van der Waals surface area contributed by atoms with Crippen LogP contribution in [-0.2, 0) is 26.2 Å². The fourth-order valence-electron chi connectivity index (χ4n) is 4.92. The van der Waals surface area contributed by atoms with Gasteiger partial charge < -0.3 is 10.2 Å². The minimum atomic E-state index is -4.15. The summed E-state index contributed by atoms with van der Waals surface area (Å²) in [4.78, 5) is 28.9. The maximum atomic E-state index is 14.0. The molecule has 218 valence electrons. The number of hydrogen-bond acceptors (Lipinski definition) is 4. The molecule has 4 rings (SSSR count). The number of benzene rings is 3. The highest BCUT2D eigenvalue weighted by Crippen LogP contribution is 2.29. The molecule has 7 nitrogen and oxygen atoms in total. The Labute approximate surface area is 252 Å². The Hall–Kier alpha value is -3.07. The first-order valence-electron chi connectivity index (χ1n) is 13.7. The quantitative estimate of drug-likeness (QED) is 0.287. The summed E-state index contributed by atoms with van der Waals surface area (Å²) in [5.74, 6) is -0.794. The Balaban J connectivity index is 1.68. The summed E-state index contributed by atoms with van der Waals surface area (Å²) in [6, 6.07) is 19.0. The fraction of sp³-hybridized carbons (Fsp3) is 0.355. The molecule has 1 saturated carbocycles.